The number of likely N-dealkylation sites (tertiary alicyclic amines) is 1. The zero-order valence-electron chi connectivity index (χ0n) is 14.8. The topological polar surface area (TPSA) is 97.6 Å². The van der Waals surface area contributed by atoms with Gasteiger partial charge in [0.05, 0.1) is 18.7 Å². The average molecular weight is 374 g/mol. The smallest absolute Gasteiger partial charge is 0.314 e. The fourth-order valence-electron chi connectivity index (χ4n) is 3.07. The number of hydrogen-bond donors (Lipinski definition) is 2. The van der Waals surface area contributed by atoms with Crippen LogP contribution in [0.1, 0.15) is 17.7 Å². The Morgan fingerprint density at radius 3 is 2.73 bits per heavy atom. The highest BCUT2D eigenvalue weighted by atomic mass is 32.1. The van der Waals surface area contributed by atoms with Crippen molar-refractivity contribution in [2.45, 2.75) is 19.8 Å². The number of piperidine rings is 1. The van der Waals surface area contributed by atoms with Crippen LogP contribution in [0, 0.1) is 12.8 Å². The van der Waals surface area contributed by atoms with Gasteiger partial charge in [-0.25, -0.2) is 9.78 Å². The van der Waals surface area contributed by atoms with E-state index in [1.54, 1.807) is 7.11 Å². The van der Waals surface area contributed by atoms with E-state index in [0.29, 0.717) is 18.2 Å². The molecule has 138 valence electrons. The molecule has 1 atom stereocenters. The van der Waals surface area contributed by atoms with Gasteiger partial charge in [0.25, 0.3) is 0 Å². The van der Waals surface area contributed by atoms with E-state index in [1.807, 2.05) is 31.2 Å². The second-order valence-electron chi connectivity index (χ2n) is 6.26. The van der Waals surface area contributed by atoms with Crippen molar-refractivity contribution in [1.29, 1.82) is 0 Å². The maximum atomic E-state index is 12.5. The van der Waals surface area contributed by atoms with Crippen LogP contribution in [-0.4, -0.2) is 42.0 Å². The lowest BCUT2D eigenvalue weighted by molar-refractivity contribution is -0.121. The molecule has 26 heavy (non-hydrogen) atoms. The van der Waals surface area contributed by atoms with Crippen LogP contribution in [0.5, 0.6) is 5.75 Å². The van der Waals surface area contributed by atoms with Gasteiger partial charge >= 0.3 is 6.03 Å². The number of nitrogens with one attached hydrogen (secondary N) is 1. The van der Waals surface area contributed by atoms with Crippen molar-refractivity contribution >= 4 is 28.4 Å². The van der Waals surface area contributed by atoms with Crippen molar-refractivity contribution in [2.75, 3.05) is 25.5 Å². The molecule has 1 unspecified atom stereocenters. The van der Waals surface area contributed by atoms with E-state index in [2.05, 4.69) is 10.3 Å². The first-order chi connectivity index (χ1) is 12.5. The first kappa shape index (κ1) is 18.2. The molecule has 3 N–H and O–H groups in total. The third kappa shape index (κ3) is 3.96. The van der Waals surface area contributed by atoms with Crippen molar-refractivity contribution in [3.63, 3.8) is 0 Å². The molecule has 3 amide bonds. The number of primary amides is 1. The van der Waals surface area contributed by atoms with Crippen molar-refractivity contribution in [3.05, 3.63) is 29.1 Å². The maximum Gasteiger partial charge on any atom is 0.314 e. The van der Waals surface area contributed by atoms with Crippen molar-refractivity contribution in [3.8, 4) is 17.0 Å². The van der Waals surface area contributed by atoms with Gasteiger partial charge in [0.2, 0.25) is 5.91 Å². The molecule has 7 nitrogen and oxygen atoms in total. The molecule has 1 aromatic carbocycles. The van der Waals surface area contributed by atoms with Gasteiger partial charge in [0, 0.05) is 23.5 Å². The number of anilines is 1. The summed E-state index contributed by atoms with van der Waals surface area (Å²) in [5.74, 6) is 0.405. The van der Waals surface area contributed by atoms with Crippen molar-refractivity contribution < 1.29 is 14.3 Å². The lowest BCUT2D eigenvalue weighted by atomic mass is 9.97. The van der Waals surface area contributed by atoms with Crippen LogP contribution in [-0.2, 0) is 4.79 Å². The summed E-state index contributed by atoms with van der Waals surface area (Å²) in [6.07, 6.45) is 1.51. The summed E-state index contributed by atoms with van der Waals surface area (Å²) >= 11 is 1.44. The zero-order chi connectivity index (χ0) is 18.7. The summed E-state index contributed by atoms with van der Waals surface area (Å²) in [7, 11) is 1.63. The number of aryl methyl sites for hydroxylation is 1. The van der Waals surface area contributed by atoms with E-state index in [0.717, 1.165) is 34.7 Å². The third-order valence-corrected chi connectivity index (χ3v) is 5.38. The summed E-state index contributed by atoms with van der Waals surface area (Å²) in [5, 5.41) is 3.45. The molecule has 1 fully saturated rings. The van der Waals surface area contributed by atoms with Gasteiger partial charge in [-0.3, -0.25) is 4.79 Å². The quantitative estimate of drug-likeness (QED) is 0.860. The number of urea groups is 1. The molecule has 8 heteroatoms. The van der Waals surface area contributed by atoms with Crippen molar-refractivity contribution in [1.82, 2.24) is 9.88 Å². The van der Waals surface area contributed by atoms with Crippen LogP contribution in [0.4, 0.5) is 9.93 Å². The minimum absolute atomic E-state index is 0.119. The number of carbonyl (C=O) groups excluding carboxylic acids is 2. The first-order valence-corrected chi connectivity index (χ1v) is 9.26. The predicted octanol–water partition coefficient (Wildman–Crippen LogP) is 2.86. The minimum atomic E-state index is -0.477. The van der Waals surface area contributed by atoms with E-state index < -0.39 is 6.03 Å². The largest absolute Gasteiger partial charge is 0.497 e. The summed E-state index contributed by atoms with van der Waals surface area (Å²) in [6, 6.07) is 7.17. The lowest BCUT2D eigenvalue weighted by Gasteiger charge is -2.30. The number of rotatable bonds is 4. The van der Waals surface area contributed by atoms with Crippen LogP contribution >= 0.6 is 11.3 Å². The number of aromatic nitrogens is 1. The Balaban J connectivity index is 1.70. The highest BCUT2D eigenvalue weighted by Crippen LogP contribution is 2.31. The standard InChI is InChI=1S/C18H22N4O3S/c1-11-15(12-5-7-14(25-2)8-6-12)20-18(26-11)21-16(23)13-4-3-9-22(10-13)17(19)24/h5-8,13H,3-4,9-10H2,1-2H3,(H2,19,24)(H,20,21,23). The maximum absolute atomic E-state index is 12.5. The number of nitrogens with two attached hydrogens (primary N) is 1. The van der Waals surface area contributed by atoms with Gasteiger partial charge < -0.3 is 20.7 Å². The van der Waals surface area contributed by atoms with Crippen LogP contribution in [0.15, 0.2) is 24.3 Å². The van der Waals surface area contributed by atoms with E-state index >= 15 is 0 Å². The SMILES string of the molecule is COc1ccc(-c2nc(NC(=O)C3CCCN(C(N)=O)C3)sc2C)cc1. The zero-order valence-corrected chi connectivity index (χ0v) is 15.6. The van der Waals surface area contributed by atoms with E-state index in [4.69, 9.17) is 10.5 Å². The first-order valence-electron chi connectivity index (χ1n) is 8.45. The van der Waals surface area contributed by atoms with E-state index in [-0.39, 0.29) is 11.8 Å². The van der Waals surface area contributed by atoms with E-state index in [9.17, 15) is 9.59 Å². The number of amides is 3. The molecule has 2 aromatic rings. The Hall–Kier alpha value is -2.61. The van der Waals surface area contributed by atoms with E-state index in [1.165, 1.54) is 16.2 Å². The molecular formula is C18H22N4O3S. The molecule has 0 aliphatic carbocycles. The lowest BCUT2D eigenvalue weighted by Crippen LogP contribution is -2.46. The highest BCUT2D eigenvalue weighted by molar-refractivity contribution is 7.16. The average Bonchev–Trinajstić information content (AvgIpc) is 3.02. The van der Waals surface area contributed by atoms with Crippen LogP contribution in [0.2, 0.25) is 0 Å². The van der Waals surface area contributed by atoms with Crippen LogP contribution < -0.4 is 15.8 Å². The van der Waals surface area contributed by atoms with Gasteiger partial charge in [-0.05, 0) is 44.0 Å². The summed E-state index contributed by atoms with van der Waals surface area (Å²) in [5.41, 5.74) is 7.14. The Morgan fingerprint density at radius 2 is 2.08 bits per heavy atom. The number of ether oxygens (including phenoxy) is 1. The number of carbonyl (C=O) groups is 2. The minimum Gasteiger partial charge on any atom is -0.497 e. The molecule has 0 spiro atoms. The molecule has 1 aromatic heterocycles. The molecule has 1 aliphatic heterocycles. The molecule has 0 saturated carbocycles. The second-order valence-corrected chi connectivity index (χ2v) is 7.47. The van der Waals surface area contributed by atoms with Crippen LogP contribution in [0.3, 0.4) is 0 Å². The Bertz CT molecular complexity index is 803. The second kappa shape index (κ2) is 7.74. The number of hydrogen-bond acceptors (Lipinski definition) is 5. The fraction of sp³-hybridized carbons (Fsp3) is 0.389. The van der Waals surface area contributed by atoms with Gasteiger partial charge in [0.15, 0.2) is 5.13 Å². The molecule has 1 saturated heterocycles. The summed E-state index contributed by atoms with van der Waals surface area (Å²) in [6.45, 7) is 2.94. The highest BCUT2D eigenvalue weighted by Gasteiger charge is 2.28. The van der Waals surface area contributed by atoms with Gasteiger partial charge in [-0.2, -0.15) is 0 Å². The Kier molecular flexibility index (Phi) is 5.41. The Morgan fingerprint density at radius 1 is 1.35 bits per heavy atom. The molecule has 2 heterocycles. The third-order valence-electron chi connectivity index (χ3n) is 4.49. The molecule has 0 radical (unpaired) electrons. The van der Waals surface area contributed by atoms with Gasteiger partial charge in [0.1, 0.15) is 5.75 Å². The molecular weight excluding hydrogens is 352 g/mol. The number of thiazole rings is 1. The summed E-state index contributed by atoms with van der Waals surface area (Å²) < 4.78 is 5.17. The predicted molar refractivity (Wildman–Crippen MR) is 101 cm³/mol. The monoisotopic (exact) mass is 374 g/mol. The molecule has 3 rings (SSSR count). The van der Waals surface area contributed by atoms with Crippen LogP contribution in [0.25, 0.3) is 11.3 Å². The molecule has 1 aliphatic rings. The fourth-order valence-corrected chi connectivity index (χ4v) is 3.90. The number of nitrogens with zero attached hydrogens (tertiary/aromatic N) is 2. The van der Waals surface area contributed by atoms with Gasteiger partial charge in [-0.15, -0.1) is 11.3 Å². The summed E-state index contributed by atoms with van der Waals surface area (Å²) in [4.78, 5) is 31.0. The number of benzene rings is 1. The molecule has 0 bridgehead atoms. The van der Waals surface area contributed by atoms with Gasteiger partial charge in [-0.1, -0.05) is 0 Å². The normalized spacial score (nSPS) is 17.0. The number of methoxy groups -OCH3 is 1. The van der Waals surface area contributed by atoms with Crippen molar-refractivity contribution in [2.24, 2.45) is 11.7 Å². The Labute approximate surface area is 156 Å².